The highest BCUT2D eigenvalue weighted by Crippen LogP contribution is 2.38. The summed E-state index contributed by atoms with van der Waals surface area (Å²) in [6.07, 6.45) is 5.18. The summed E-state index contributed by atoms with van der Waals surface area (Å²) >= 11 is 0. The lowest BCUT2D eigenvalue weighted by Gasteiger charge is -2.27. The number of pyridine rings is 1. The molecule has 3 aromatic rings. The monoisotopic (exact) mass is 446 g/mol. The predicted molar refractivity (Wildman–Crippen MR) is 123 cm³/mol. The van der Waals surface area contributed by atoms with E-state index in [0.29, 0.717) is 44.2 Å². The summed E-state index contributed by atoms with van der Waals surface area (Å²) in [4.78, 5) is 32.5. The molecule has 170 valence electrons. The normalized spacial score (nSPS) is 19.5. The van der Waals surface area contributed by atoms with E-state index in [9.17, 15) is 9.59 Å². The highest BCUT2D eigenvalue weighted by Gasteiger charge is 2.29. The van der Waals surface area contributed by atoms with E-state index < -0.39 is 5.97 Å². The fraction of sp³-hybridized carbons (Fsp3) is 0.346. The first-order valence-corrected chi connectivity index (χ1v) is 11.3. The molecule has 1 saturated heterocycles. The van der Waals surface area contributed by atoms with Crippen LogP contribution in [0.4, 0.5) is 0 Å². The van der Waals surface area contributed by atoms with Crippen LogP contribution in [0.3, 0.4) is 0 Å². The molecular formula is C26H26N2O5. The molecule has 5 rings (SSSR count). The van der Waals surface area contributed by atoms with Crippen LogP contribution >= 0.6 is 0 Å². The standard InChI is InChI=1S/C26H26N2O5/c1-17-13-18(15-19-5-4-10-32-19)25-21(14-17)24(20-6-2-3-7-22(20)27-25)26(30)33-16-23(29)28-8-11-31-12-9-28/h2-7,10,15,17H,8-9,11-14,16H2,1H3/b18-15+. The molecule has 3 heterocycles. The molecule has 1 fully saturated rings. The van der Waals surface area contributed by atoms with Crippen LogP contribution in [0.15, 0.2) is 47.1 Å². The van der Waals surface area contributed by atoms with E-state index in [1.165, 1.54) is 0 Å². The van der Waals surface area contributed by atoms with Gasteiger partial charge in [-0.3, -0.25) is 4.79 Å². The van der Waals surface area contributed by atoms with Gasteiger partial charge >= 0.3 is 5.97 Å². The number of benzene rings is 1. The van der Waals surface area contributed by atoms with Crippen LogP contribution < -0.4 is 0 Å². The summed E-state index contributed by atoms with van der Waals surface area (Å²) in [6.45, 7) is 3.92. The Morgan fingerprint density at radius 1 is 1.15 bits per heavy atom. The van der Waals surface area contributed by atoms with Crippen molar-refractivity contribution in [3.8, 4) is 0 Å². The number of para-hydroxylation sites is 1. The number of allylic oxidation sites excluding steroid dienone is 1. The Bertz CT molecular complexity index is 1210. The third-order valence-electron chi connectivity index (χ3n) is 6.17. The summed E-state index contributed by atoms with van der Waals surface area (Å²) in [6, 6.07) is 11.3. The van der Waals surface area contributed by atoms with Crippen LogP contribution in [0.25, 0.3) is 22.6 Å². The van der Waals surface area contributed by atoms with Crippen molar-refractivity contribution in [1.29, 1.82) is 0 Å². The van der Waals surface area contributed by atoms with Crippen LogP contribution in [0.5, 0.6) is 0 Å². The van der Waals surface area contributed by atoms with Crippen LogP contribution in [0, 0.1) is 5.92 Å². The average molecular weight is 447 g/mol. The number of rotatable bonds is 4. The summed E-state index contributed by atoms with van der Waals surface area (Å²) in [5, 5.41) is 0.742. The van der Waals surface area contributed by atoms with E-state index in [1.54, 1.807) is 11.2 Å². The predicted octanol–water partition coefficient (Wildman–Crippen LogP) is 3.97. The lowest BCUT2D eigenvalue weighted by molar-refractivity contribution is -0.138. The third kappa shape index (κ3) is 4.41. The molecule has 0 radical (unpaired) electrons. The largest absolute Gasteiger partial charge is 0.465 e. The fourth-order valence-electron chi connectivity index (χ4n) is 4.62. The maximum Gasteiger partial charge on any atom is 0.339 e. The van der Waals surface area contributed by atoms with Gasteiger partial charge < -0.3 is 18.8 Å². The van der Waals surface area contributed by atoms with Crippen LogP contribution in [0.2, 0.25) is 0 Å². The first-order chi connectivity index (χ1) is 16.1. The molecule has 1 aliphatic carbocycles. The lowest BCUT2D eigenvalue weighted by Crippen LogP contribution is -2.42. The number of esters is 1. The first-order valence-electron chi connectivity index (χ1n) is 11.3. The van der Waals surface area contributed by atoms with Gasteiger partial charge in [-0.25, -0.2) is 9.78 Å². The Balaban J connectivity index is 1.52. The zero-order chi connectivity index (χ0) is 22.8. The van der Waals surface area contributed by atoms with E-state index >= 15 is 0 Å². The van der Waals surface area contributed by atoms with Crippen LogP contribution in [-0.4, -0.2) is 54.7 Å². The third-order valence-corrected chi connectivity index (χ3v) is 6.17. The molecule has 0 bridgehead atoms. The van der Waals surface area contributed by atoms with Crippen LogP contribution in [-0.2, 0) is 20.7 Å². The number of furan rings is 1. The second-order valence-corrected chi connectivity index (χ2v) is 8.60. The average Bonchev–Trinajstić information content (AvgIpc) is 3.35. The smallest absolute Gasteiger partial charge is 0.339 e. The van der Waals surface area contributed by atoms with Gasteiger partial charge in [0.15, 0.2) is 6.61 Å². The van der Waals surface area contributed by atoms with Crippen molar-refractivity contribution in [2.45, 2.75) is 19.8 Å². The number of ether oxygens (including phenoxy) is 2. The summed E-state index contributed by atoms with van der Waals surface area (Å²) in [5.41, 5.74) is 3.93. The van der Waals surface area contributed by atoms with Crippen LogP contribution in [0.1, 0.15) is 40.7 Å². The fourth-order valence-corrected chi connectivity index (χ4v) is 4.62. The van der Waals surface area contributed by atoms with E-state index in [4.69, 9.17) is 18.9 Å². The minimum absolute atomic E-state index is 0.203. The van der Waals surface area contributed by atoms with Crippen molar-refractivity contribution < 1.29 is 23.5 Å². The molecule has 2 aliphatic rings. The second-order valence-electron chi connectivity index (χ2n) is 8.60. The first kappa shape index (κ1) is 21.4. The highest BCUT2D eigenvalue weighted by molar-refractivity contribution is 6.07. The van der Waals surface area contributed by atoms with Crippen molar-refractivity contribution in [3.05, 3.63) is 65.2 Å². The van der Waals surface area contributed by atoms with Crippen molar-refractivity contribution in [2.75, 3.05) is 32.9 Å². The maximum absolute atomic E-state index is 13.4. The number of hydrogen-bond donors (Lipinski definition) is 0. The van der Waals surface area contributed by atoms with Gasteiger partial charge in [-0.15, -0.1) is 0 Å². The van der Waals surface area contributed by atoms with Crippen molar-refractivity contribution in [3.63, 3.8) is 0 Å². The molecule has 0 N–H and O–H groups in total. The molecule has 0 spiro atoms. The minimum atomic E-state index is -0.488. The molecule has 2 aromatic heterocycles. The van der Waals surface area contributed by atoms with Gasteiger partial charge in [0.1, 0.15) is 5.76 Å². The number of nitrogens with zero attached hydrogens (tertiary/aromatic N) is 2. The minimum Gasteiger partial charge on any atom is -0.465 e. The molecule has 0 saturated carbocycles. The van der Waals surface area contributed by atoms with Gasteiger partial charge in [0, 0.05) is 18.5 Å². The Hall–Kier alpha value is -3.45. The number of fused-ring (bicyclic) bond motifs is 2. The SMILES string of the molecule is CC1C/C(=C\c2ccco2)c2nc3ccccc3c(C(=O)OCC(=O)N3CCOCC3)c2C1. The Labute approximate surface area is 192 Å². The number of hydrogen-bond acceptors (Lipinski definition) is 6. The molecule has 1 aliphatic heterocycles. The van der Waals surface area contributed by atoms with E-state index in [-0.39, 0.29) is 12.5 Å². The topological polar surface area (TPSA) is 81.9 Å². The molecule has 1 aromatic carbocycles. The van der Waals surface area contributed by atoms with Gasteiger partial charge in [0.2, 0.25) is 0 Å². The number of morpholine rings is 1. The molecule has 7 heteroatoms. The highest BCUT2D eigenvalue weighted by atomic mass is 16.5. The molecular weight excluding hydrogens is 420 g/mol. The Kier molecular flexibility index (Phi) is 5.96. The summed E-state index contributed by atoms with van der Waals surface area (Å²) in [7, 11) is 0. The van der Waals surface area contributed by atoms with Gasteiger partial charge in [-0.1, -0.05) is 25.1 Å². The molecule has 33 heavy (non-hydrogen) atoms. The molecule has 1 unspecified atom stereocenters. The number of carbonyl (C=O) groups excluding carboxylic acids is 2. The van der Waals surface area contributed by atoms with Gasteiger partial charge in [-0.2, -0.15) is 0 Å². The number of amides is 1. The van der Waals surface area contributed by atoms with E-state index in [2.05, 4.69) is 6.92 Å². The van der Waals surface area contributed by atoms with E-state index in [0.717, 1.165) is 39.9 Å². The van der Waals surface area contributed by atoms with Gasteiger partial charge in [0.05, 0.1) is 36.3 Å². The second kappa shape index (κ2) is 9.19. The quantitative estimate of drug-likeness (QED) is 0.564. The van der Waals surface area contributed by atoms with Gasteiger partial charge in [-0.05, 0) is 54.2 Å². The van der Waals surface area contributed by atoms with Crippen molar-refractivity contribution >= 4 is 34.4 Å². The maximum atomic E-state index is 13.4. The Morgan fingerprint density at radius 2 is 1.97 bits per heavy atom. The van der Waals surface area contributed by atoms with E-state index in [1.807, 2.05) is 42.5 Å². The van der Waals surface area contributed by atoms with Gasteiger partial charge in [0.25, 0.3) is 5.91 Å². The van der Waals surface area contributed by atoms with Crippen molar-refractivity contribution in [1.82, 2.24) is 9.88 Å². The number of aromatic nitrogens is 1. The lowest BCUT2D eigenvalue weighted by atomic mass is 9.81. The summed E-state index contributed by atoms with van der Waals surface area (Å²) < 4.78 is 16.4. The molecule has 7 nitrogen and oxygen atoms in total. The Morgan fingerprint density at radius 3 is 2.76 bits per heavy atom. The zero-order valence-electron chi connectivity index (χ0n) is 18.6. The zero-order valence-corrected chi connectivity index (χ0v) is 18.6. The van der Waals surface area contributed by atoms with Crippen molar-refractivity contribution in [2.24, 2.45) is 5.92 Å². The number of carbonyl (C=O) groups is 2. The molecule has 1 atom stereocenters. The molecule has 1 amide bonds. The summed E-state index contributed by atoms with van der Waals surface area (Å²) in [5.74, 6) is 0.381.